The van der Waals surface area contributed by atoms with Crippen molar-refractivity contribution >= 4 is 0 Å². The van der Waals surface area contributed by atoms with Crippen LogP contribution in [0.5, 0.6) is 23.0 Å². The molecule has 5 aliphatic heterocycles. The van der Waals surface area contributed by atoms with Gasteiger partial charge in [0.1, 0.15) is 23.0 Å². The highest BCUT2D eigenvalue weighted by atomic mass is 16.5. The fourth-order valence-electron chi connectivity index (χ4n) is 12.9. The Morgan fingerprint density at radius 3 is 0.632 bits per heavy atom. The first-order valence-corrected chi connectivity index (χ1v) is 27.5. The van der Waals surface area contributed by atoms with Gasteiger partial charge in [-0.2, -0.15) is 0 Å². The van der Waals surface area contributed by atoms with Crippen molar-refractivity contribution in [1.29, 1.82) is 0 Å². The third-order valence-electron chi connectivity index (χ3n) is 16.5. The van der Waals surface area contributed by atoms with Gasteiger partial charge in [-0.05, 0) is 148 Å². The monoisotopic (exact) mass is 925 g/mol. The maximum absolute atomic E-state index is 6.21. The van der Waals surface area contributed by atoms with Crippen molar-refractivity contribution in [3.63, 3.8) is 0 Å². The predicted molar refractivity (Wildman–Crippen MR) is 278 cm³/mol. The number of rotatable bonds is 20. The van der Waals surface area contributed by atoms with Crippen molar-refractivity contribution in [2.24, 2.45) is 0 Å². The summed E-state index contributed by atoms with van der Waals surface area (Å²) in [4.78, 5) is 0. The SMILES string of the molecule is CCCCOc1ccc(C2C3CCC(N3)C(c3ccc(OCCCC)cc3)C3CCC(N3)C(c3ccc(OCCCC)cc3)C3CCC(N3)C(c3ccc(OCCCC)cc3)C3CCC2N3)cc1. The Balaban J connectivity index is 1.08. The molecule has 8 unspecified atom stereocenters. The normalized spacial score (nSPS) is 30.1. The molecule has 8 atom stereocenters. The van der Waals surface area contributed by atoms with Gasteiger partial charge < -0.3 is 40.2 Å². The van der Waals surface area contributed by atoms with E-state index in [1.807, 2.05) is 0 Å². The maximum atomic E-state index is 6.21. The summed E-state index contributed by atoms with van der Waals surface area (Å²) in [6.07, 6.45) is 18.1. The van der Waals surface area contributed by atoms with E-state index in [0.29, 0.717) is 72.0 Å². The molecule has 8 heteroatoms. The molecule has 0 radical (unpaired) electrons. The van der Waals surface area contributed by atoms with Crippen LogP contribution in [0, 0.1) is 0 Å². The standard InChI is InChI=1S/C60H84N4O4/c1-5-9-37-65-45-21-13-41(14-22-45)57-49-29-31-51(61-49)58(42-15-23-46(24-16-42)66-38-10-6-2)53-33-35-55(63-53)60(44-19-27-48(28-20-44)68-40-12-8-4)56-36-34-54(64-56)59(52-32-30-50(57)62-52)43-17-25-47(26-18-43)67-39-11-7-3/h13-28,49-64H,5-12,29-40H2,1-4H3. The van der Waals surface area contributed by atoms with Gasteiger partial charge in [-0.3, -0.25) is 0 Å². The first-order valence-electron chi connectivity index (χ1n) is 27.5. The summed E-state index contributed by atoms with van der Waals surface area (Å²) in [7, 11) is 0. The Labute approximate surface area is 409 Å². The van der Waals surface area contributed by atoms with Crippen LogP contribution >= 0.6 is 0 Å². The zero-order chi connectivity index (χ0) is 46.7. The van der Waals surface area contributed by atoms with Crippen LogP contribution in [0.1, 0.15) is 176 Å². The molecule has 4 N–H and O–H groups in total. The topological polar surface area (TPSA) is 85.0 Å². The number of nitrogens with one attached hydrogen (secondary N) is 4. The Hall–Kier alpha value is -4.08. The lowest BCUT2D eigenvalue weighted by molar-refractivity contribution is 0.300. The summed E-state index contributed by atoms with van der Waals surface area (Å²) >= 11 is 0. The second-order valence-corrected chi connectivity index (χ2v) is 21.0. The number of hydrogen-bond donors (Lipinski definition) is 4. The third kappa shape index (κ3) is 11.7. The van der Waals surface area contributed by atoms with Gasteiger partial charge in [-0.1, -0.05) is 102 Å². The molecule has 5 fully saturated rings. The molecule has 368 valence electrons. The minimum Gasteiger partial charge on any atom is -0.494 e. The number of ether oxygens (including phenoxy) is 4. The number of fused-ring (bicyclic) bond motifs is 8. The Morgan fingerprint density at radius 1 is 0.294 bits per heavy atom. The average Bonchev–Trinajstić information content (AvgIpc) is 4.23. The lowest BCUT2D eigenvalue weighted by Gasteiger charge is -2.37. The van der Waals surface area contributed by atoms with Crippen molar-refractivity contribution in [1.82, 2.24) is 21.3 Å². The summed E-state index contributed by atoms with van der Waals surface area (Å²) in [5, 5.41) is 17.7. The molecule has 8 nitrogen and oxygen atoms in total. The largest absolute Gasteiger partial charge is 0.494 e. The molecule has 0 amide bonds. The molecule has 68 heavy (non-hydrogen) atoms. The van der Waals surface area contributed by atoms with Gasteiger partial charge in [0.15, 0.2) is 0 Å². The van der Waals surface area contributed by atoms with Crippen LogP contribution in [0.2, 0.25) is 0 Å². The number of hydrogen-bond acceptors (Lipinski definition) is 8. The highest BCUT2D eigenvalue weighted by molar-refractivity contribution is 5.38. The highest BCUT2D eigenvalue weighted by Gasteiger charge is 2.49. The van der Waals surface area contributed by atoms with Gasteiger partial charge in [-0.25, -0.2) is 0 Å². The van der Waals surface area contributed by atoms with Crippen LogP contribution in [-0.4, -0.2) is 74.8 Å². The summed E-state index contributed by atoms with van der Waals surface area (Å²) in [6.45, 7) is 12.0. The summed E-state index contributed by atoms with van der Waals surface area (Å²) in [6, 6.07) is 39.7. The second-order valence-electron chi connectivity index (χ2n) is 21.0. The van der Waals surface area contributed by atoms with E-state index < -0.39 is 0 Å². The highest BCUT2D eigenvalue weighted by Crippen LogP contribution is 2.46. The molecule has 5 saturated heterocycles. The van der Waals surface area contributed by atoms with Crippen LogP contribution in [0.25, 0.3) is 0 Å². The molecule has 0 aliphatic carbocycles. The lowest BCUT2D eigenvalue weighted by atomic mass is 9.82. The second kappa shape index (κ2) is 24.2. The Morgan fingerprint density at radius 2 is 0.471 bits per heavy atom. The molecule has 0 aromatic heterocycles. The van der Waals surface area contributed by atoms with Crippen molar-refractivity contribution in [3.8, 4) is 23.0 Å². The van der Waals surface area contributed by atoms with Gasteiger partial charge in [0, 0.05) is 72.0 Å². The van der Waals surface area contributed by atoms with Crippen LogP contribution in [0.3, 0.4) is 0 Å². The van der Waals surface area contributed by atoms with Crippen molar-refractivity contribution in [3.05, 3.63) is 119 Å². The van der Waals surface area contributed by atoms with Crippen molar-refractivity contribution < 1.29 is 18.9 Å². The minimum absolute atomic E-state index is 0.333. The van der Waals surface area contributed by atoms with Gasteiger partial charge in [0.2, 0.25) is 0 Å². The fourth-order valence-corrected chi connectivity index (χ4v) is 12.9. The molecular weight excluding hydrogens is 841 g/mol. The first kappa shape index (κ1) is 48.9. The van der Waals surface area contributed by atoms with Crippen molar-refractivity contribution in [2.75, 3.05) is 26.4 Å². The van der Waals surface area contributed by atoms with Gasteiger partial charge >= 0.3 is 0 Å². The molecule has 4 aromatic rings. The maximum Gasteiger partial charge on any atom is 0.119 e. The quantitative estimate of drug-likeness (QED) is 0.0653. The van der Waals surface area contributed by atoms with E-state index in [1.54, 1.807) is 0 Å². The van der Waals surface area contributed by atoms with Gasteiger partial charge in [-0.15, -0.1) is 0 Å². The minimum atomic E-state index is 0.333. The molecule has 0 spiro atoms. The molecule has 0 saturated carbocycles. The smallest absolute Gasteiger partial charge is 0.119 e. The van der Waals surface area contributed by atoms with E-state index in [9.17, 15) is 0 Å². The molecule has 9 rings (SSSR count). The summed E-state index contributed by atoms with van der Waals surface area (Å²) in [5.41, 5.74) is 5.68. The molecular formula is C60H84N4O4. The summed E-state index contributed by atoms with van der Waals surface area (Å²) in [5.74, 6) is 5.25. The van der Waals surface area contributed by atoms with E-state index in [-0.39, 0.29) is 0 Å². The fraction of sp³-hybridized carbons (Fsp3) is 0.600. The van der Waals surface area contributed by atoms with E-state index in [2.05, 4.69) is 146 Å². The molecule has 5 heterocycles. The zero-order valence-corrected chi connectivity index (χ0v) is 41.9. The van der Waals surface area contributed by atoms with Crippen LogP contribution < -0.4 is 40.2 Å². The lowest BCUT2D eigenvalue weighted by Crippen LogP contribution is -2.51. The zero-order valence-electron chi connectivity index (χ0n) is 41.9. The van der Waals surface area contributed by atoms with E-state index in [0.717, 1.165) is 152 Å². The summed E-state index contributed by atoms with van der Waals surface area (Å²) < 4.78 is 24.9. The third-order valence-corrected chi connectivity index (χ3v) is 16.5. The number of benzene rings is 4. The van der Waals surface area contributed by atoms with E-state index >= 15 is 0 Å². The van der Waals surface area contributed by atoms with Gasteiger partial charge in [0.05, 0.1) is 26.4 Å². The molecule has 4 aromatic carbocycles. The molecule has 8 bridgehead atoms. The Bertz CT molecular complexity index is 1750. The van der Waals surface area contributed by atoms with E-state index in [1.165, 1.54) is 22.3 Å². The first-order chi connectivity index (χ1) is 33.5. The van der Waals surface area contributed by atoms with Crippen LogP contribution in [0.15, 0.2) is 97.1 Å². The van der Waals surface area contributed by atoms with Crippen LogP contribution in [-0.2, 0) is 0 Å². The van der Waals surface area contributed by atoms with Crippen molar-refractivity contribution in [2.45, 2.75) is 202 Å². The van der Waals surface area contributed by atoms with Crippen LogP contribution in [0.4, 0.5) is 0 Å². The Kier molecular flexibility index (Phi) is 17.4. The average molecular weight is 925 g/mol. The number of unbranched alkanes of at least 4 members (excludes halogenated alkanes) is 4. The van der Waals surface area contributed by atoms with E-state index in [4.69, 9.17) is 18.9 Å². The molecule has 5 aliphatic rings. The van der Waals surface area contributed by atoms with Gasteiger partial charge in [0.25, 0.3) is 0 Å². The predicted octanol–water partition coefficient (Wildman–Crippen LogP) is 12.3.